The minimum Gasteiger partial charge on any atom is -0.472 e. The summed E-state index contributed by atoms with van der Waals surface area (Å²) in [5.41, 5.74) is 2.65. The topological polar surface area (TPSA) is 59.5 Å². The summed E-state index contributed by atoms with van der Waals surface area (Å²) in [5, 5.41) is 0. The number of aromatic nitrogens is 1. The summed E-state index contributed by atoms with van der Waals surface area (Å²) >= 11 is 0. The molecule has 2 heterocycles. The van der Waals surface area contributed by atoms with E-state index in [9.17, 15) is 8.42 Å². The Morgan fingerprint density at radius 3 is 2.35 bits per heavy atom. The first-order chi connectivity index (χ1) is 10.9. The monoisotopic (exact) mass is 332 g/mol. The molecule has 0 unspecified atom stereocenters. The number of sulfonamides is 1. The number of rotatable bonds is 4. The molecule has 122 valence electrons. The molecular formula is C17H20N2O3S. The van der Waals surface area contributed by atoms with Gasteiger partial charge in [-0.1, -0.05) is 23.8 Å². The number of ether oxygens (including phenoxy) is 1. The Kier molecular flexibility index (Phi) is 4.12. The fourth-order valence-corrected chi connectivity index (χ4v) is 4.88. The van der Waals surface area contributed by atoms with Gasteiger partial charge < -0.3 is 4.74 Å². The smallest absolute Gasteiger partial charge is 0.243 e. The van der Waals surface area contributed by atoms with Crippen molar-refractivity contribution in [2.75, 3.05) is 13.1 Å². The van der Waals surface area contributed by atoms with E-state index >= 15 is 0 Å². The maximum absolute atomic E-state index is 12.8. The van der Waals surface area contributed by atoms with E-state index in [4.69, 9.17) is 4.74 Å². The third-order valence-electron chi connectivity index (χ3n) is 3.94. The maximum atomic E-state index is 12.8. The molecule has 1 saturated heterocycles. The van der Waals surface area contributed by atoms with Gasteiger partial charge >= 0.3 is 0 Å². The Labute approximate surface area is 137 Å². The number of aryl methyl sites for hydroxylation is 3. The Balaban J connectivity index is 1.74. The van der Waals surface area contributed by atoms with Gasteiger partial charge in [-0.2, -0.15) is 4.31 Å². The number of pyridine rings is 1. The van der Waals surface area contributed by atoms with Gasteiger partial charge in [-0.15, -0.1) is 0 Å². The van der Waals surface area contributed by atoms with E-state index in [1.807, 2.05) is 45.0 Å². The van der Waals surface area contributed by atoms with Gasteiger partial charge in [0.25, 0.3) is 0 Å². The minimum absolute atomic E-state index is 0.147. The molecule has 0 bridgehead atoms. The van der Waals surface area contributed by atoms with Crippen LogP contribution in [0.15, 0.2) is 41.4 Å². The van der Waals surface area contributed by atoms with Crippen molar-refractivity contribution in [1.29, 1.82) is 0 Å². The predicted molar refractivity (Wildman–Crippen MR) is 88.1 cm³/mol. The van der Waals surface area contributed by atoms with E-state index in [1.54, 1.807) is 12.3 Å². The molecule has 23 heavy (non-hydrogen) atoms. The number of hydrogen-bond donors (Lipinski definition) is 0. The van der Waals surface area contributed by atoms with Crippen molar-refractivity contribution in [1.82, 2.24) is 9.29 Å². The van der Waals surface area contributed by atoms with Crippen LogP contribution in [0.2, 0.25) is 0 Å². The zero-order chi connectivity index (χ0) is 16.6. The molecule has 0 amide bonds. The number of nitrogens with zero attached hydrogens (tertiary/aromatic N) is 2. The largest absolute Gasteiger partial charge is 0.472 e. The highest BCUT2D eigenvalue weighted by Crippen LogP contribution is 2.29. The zero-order valence-corrected chi connectivity index (χ0v) is 14.3. The highest BCUT2D eigenvalue weighted by Gasteiger charge is 2.39. The van der Waals surface area contributed by atoms with Gasteiger partial charge in [0.1, 0.15) is 6.10 Å². The summed E-state index contributed by atoms with van der Waals surface area (Å²) in [7, 11) is -3.47. The third kappa shape index (κ3) is 3.09. The van der Waals surface area contributed by atoms with E-state index in [0.29, 0.717) is 23.9 Å². The van der Waals surface area contributed by atoms with Gasteiger partial charge in [0.2, 0.25) is 15.9 Å². The van der Waals surface area contributed by atoms with Crippen LogP contribution in [-0.4, -0.2) is 36.9 Å². The van der Waals surface area contributed by atoms with Crippen molar-refractivity contribution in [3.8, 4) is 5.88 Å². The SMILES string of the molecule is Cc1cc(C)c(S(=O)(=O)N2CC(Oc3ccccn3)C2)c(C)c1. The van der Waals surface area contributed by atoms with E-state index in [1.165, 1.54) is 4.31 Å². The Morgan fingerprint density at radius 2 is 1.78 bits per heavy atom. The molecule has 0 saturated carbocycles. The molecule has 0 N–H and O–H groups in total. The zero-order valence-electron chi connectivity index (χ0n) is 13.5. The molecule has 0 radical (unpaired) electrons. The lowest BCUT2D eigenvalue weighted by atomic mass is 10.1. The van der Waals surface area contributed by atoms with Gasteiger partial charge in [-0.05, 0) is 38.0 Å². The molecular weight excluding hydrogens is 312 g/mol. The second-order valence-corrected chi connectivity index (χ2v) is 7.83. The highest BCUT2D eigenvalue weighted by molar-refractivity contribution is 7.89. The number of hydrogen-bond acceptors (Lipinski definition) is 4. The lowest BCUT2D eigenvalue weighted by Gasteiger charge is -2.38. The fraction of sp³-hybridized carbons (Fsp3) is 0.353. The van der Waals surface area contributed by atoms with Gasteiger partial charge in [0.05, 0.1) is 18.0 Å². The summed E-state index contributed by atoms with van der Waals surface area (Å²) < 4.78 is 32.8. The summed E-state index contributed by atoms with van der Waals surface area (Å²) in [6, 6.07) is 9.23. The fourth-order valence-electron chi connectivity index (χ4n) is 2.96. The molecule has 1 fully saturated rings. The van der Waals surface area contributed by atoms with Crippen molar-refractivity contribution in [3.63, 3.8) is 0 Å². The highest BCUT2D eigenvalue weighted by atomic mass is 32.2. The third-order valence-corrected chi connectivity index (χ3v) is 6.08. The number of benzene rings is 1. The van der Waals surface area contributed by atoms with Crippen LogP contribution in [0.25, 0.3) is 0 Å². The first-order valence-corrected chi connectivity index (χ1v) is 8.97. The molecule has 1 aliphatic rings. The average Bonchev–Trinajstić information content (AvgIpc) is 2.41. The average molecular weight is 332 g/mol. The van der Waals surface area contributed by atoms with E-state index in [-0.39, 0.29) is 6.10 Å². The molecule has 1 aliphatic heterocycles. The Morgan fingerprint density at radius 1 is 1.13 bits per heavy atom. The van der Waals surface area contributed by atoms with Gasteiger partial charge in [0, 0.05) is 12.3 Å². The van der Waals surface area contributed by atoms with Gasteiger partial charge in [-0.3, -0.25) is 0 Å². The molecule has 0 atom stereocenters. The normalized spacial score (nSPS) is 16.1. The second kappa shape index (κ2) is 5.94. The standard InChI is InChI=1S/C17H20N2O3S/c1-12-8-13(2)17(14(3)9-12)23(20,21)19-10-15(11-19)22-16-6-4-5-7-18-16/h4-9,15H,10-11H2,1-3H3. The predicted octanol–water partition coefficient (Wildman–Crippen LogP) is 2.46. The van der Waals surface area contributed by atoms with Gasteiger partial charge in [-0.25, -0.2) is 13.4 Å². The van der Waals surface area contributed by atoms with Crippen LogP contribution in [0.4, 0.5) is 0 Å². The molecule has 0 spiro atoms. The van der Waals surface area contributed by atoms with Gasteiger partial charge in [0.15, 0.2) is 0 Å². The first kappa shape index (κ1) is 16.0. The quantitative estimate of drug-likeness (QED) is 0.863. The second-order valence-electron chi connectivity index (χ2n) is 5.96. The maximum Gasteiger partial charge on any atom is 0.243 e. The minimum atomic E-state index is -3.47. The van der Waals surface area contributed by atoms with Crippen LogP contribution in [0.5, 0.6) is 5.88 Å². The molecule has 6 heteroatoms. The van der Waals surface area contributed by atoms with Crippen LogP contribution in [0.3, 0.4) is 0 Å². The van der Waals surface area contributed by atoms with E-state index in [0.717, 1.165) is 16.7 Å². The van der Waals surface area contributed by atoms with Crippen LogP contribution >= 0.6 is 0 Å². The summed E-state index contributed by atoms with van der Waals surface area (Å²) in [6.45, 7) is 6.36. The van der Waals surface area contributed by atoms with Crippen LogP contribution in [-0.2, 0) is 10.0 Å². The Bertz CT molecular complexity index is 790. The van der Waals surface area contributed by atoms with Crippen LogP contribution < -0.4 is 4.74 Å². The van der Waals surface area contributed by atoms with E-state index in [2.05, 4.69) is 4.98 Å². The van der Waals surface area contributed by atoms with Crippen LogP contribution in [0, 0.1) is 20.8 Å². The molecule has 0 aliphatic carbocycles. The van der Waals surface area contributed by atoms with Crippen molar-refractivity contribution < 1.29 is 13.2 Å². The molecule has 1 aromatic carbocycles. The first-order valence-electron chi connectivity index (χ1n) is 7.53. The Hall–Kier alpha value is -1.92. The lowest BCUT2D eigenvalue weighted by molar-refractivity contribution is 0.0720. The molecule has 3 rings (SSSR count). The summed E-state index contributed by atoms with van der Waals surface area (Å²) in [6.07, 6.45) is 1.51. The summed E-state index contributed by atoms with van der Waals surface area (Å²) in [5.74, 6) is 0.525. The lowest BCUT2D eigenvalue weighted by Crippen LogP contribution is -2.56. The molecule has 2 aromatic rings. The van der Waals surface area contributed by atoms with E-state index < -0.39 is 10.0 Å². The molecule has 1 aromatic heterocycles. The van der Waals surface area contributed by atoms with Crippen molar-refractivity contribution >= 4 is 10.0 Å². The summed E-state index contributed by atoms with van der Waals surface area (Å²) in [4.78, 5) is 4.51. The van der Waals surface area contributed by atoms with Crippen molar-refractivity contribution in [2.45, 2.75) is 31.8 Å². The van der Waals surface area contributed by atoms with Crippen LogP contribution in [0.1, 0.15) is 16.7 Å². The molecule has 5 nitrogen and oxygen atoms in total. The van der Waals surface area contributed by atoms with Crippen molar-refractivity contribution in [2.24, 2.45) is 0 Å². The van der Waals surface area contributed by atoms with Crippen molar-refractivity contribution in [3.05, 3.63) is 53.2 Å².